The van der Waals surface area contributed by atoms with E-state index in [0.29, 0.717) is 30.2 Å². The van der Waals surface area contributed by atoms with Crippen LogP contribution in [0.25, 0.3) is 0 Å². The molecular formula is C12H16N4OS. The van der Waals surface area contributed by atoms with Gasteiger partial charge in [-0.2, -0.15) is 0 Å². The van der Waals surface area contributed by atoms with Gasteiger partial charge in [0.15, 0.2) is 0 Å². The molecule has 1 fully saturated rings. The zero-order chi connectivity index (χ0) is 13.0. The largest absolute Gasteiger partial charge is 0.392 e. The highest BCUT2D eigenvalue weighted by atomic mass is 32.1. The van der Waals surface area contributed by atoms with E-state index < -0.39 is 0 Å². The molecule has 1 aliphatic heterocycles. The van der Waals surface area contributed by atoms with Gasteiger partial charge < -0.3 is 10.6 Å². The minimum atomic E-state index is 0.0624. The summed E-state index contributed by atoms with van der Waals surface area (Å²) in [5.74, 6) is 0.0624. The molecule has 1 amide bonds. The topological polar surface area (TPSA) is 62.5 Å². The predicted octanol–water partition coefficient (Wildman–Crippen LogP) is 0.125. The summed E-state index contributed by atoms with van der Waals surface area (Å²) in [6, 6.07) is 3.48. The number of nitrogens with two attached hydrogens (primary N) is 1. The Morgan fingerprint density at radius 2 is 1.89 bits per heavy atom. The molecule has 96 valence electrons. The molecule has 1 aliphatic rings. The highest BCUT2D eigenvalue weighted by Gasteiger charge is 2.21. The van der Waals surface area contributed by atoms with Crippen molar-refractivity contribution in [2.45, 2.75) is 0 Å². The van der Waals surface area contributed by atoms with Gasteiger partial charge in [-0.1, -0.05) is 12.2 Å². The zero-order valence-corrected chi connectivity index (χ0v) is 10.9. The van der Waals surface area contributed by atoms with Gasteiger partial charge in [0.1, 0.15) is 0 Å². The van der Waals surface area contributed by atoms with Crippen molar-refractivity contribution in [2.75, 3.05) is 32.7 Å². The second kappa shape index (κ2) is 5.88. The third kappa shape index (κ3) is 3.24. The molecule has 0 unspecified atom stereocenters. The van der Waals surface area contributed by atoms with E-state index in [1.807, 2.05) is 4.90 Å². The number of piperazine rings is 1. The normalized spacial score (nSPS) is 16.6. The Hall–Kier alpha value is -1.53. The summed E-state index contributed by atoms with van der Waals surface area (Å²) in [6.07, 6.45) is 3.27. The van der Waals surface area contributed by atoms with Crippen LogP contribution in [0.2, 0.25) is 0 Å². The smallest absolute Gasteiger partial charge is 0.254 e. The van der Waals surface area contributed by atoms with Gasteiger partial charge in [-0.3, -0.25) is 14.7 Å². The fourth-order valence-corrected chi connectivity index (χ4v) is 2.19. The molecule has 0 bridgehead atoms. The van der Waals surface area contributed by atoms with Crippen molar-refractivity contribution in [3.63, 3.8) is 0 Å². The number of hydrogen-bond acceptors (Lipinski definition) is 4. The SMILES string of the molecule is NC(=S)CN1CCN(C(=O)c2ccncc2)CC1. The standard InChI is InChI=1S/C12H16N4OS/c13-11(18)9-15-5-7-16(8-6-15)12(17)10-1-3-14-4-2-10/h1-4H,5-9H2,(H2,13,18). The lowest BCUT2D eigenvalue weighted by molar-refractivity contribution is 0.0654. The third-order valence-electron chi connectivity index (χ3n) is 2.97. The van der Waals surface area contributed by atoms with Crippen LogP contribution < -0.4 is 5.73 Å². The molecule has 0 radical (unpaired) electrons. The number of carbonyl (C=O) groups is 1. The molecule has 2 heterocycles. The van der Waals surface area contributed by atoms with Crippen LogP contribution in [0.3, 0.4) is 0 Å². The van der Waals surface area contributed by atoms with Crippen molar-refractivity contribution in [1.82, 2.24) is 14.8 Å². The maximum absolute atomic E-state index is 12.2. The highest BCUT2D eigenvalue weighted by Crippen LogP contribution is 2.07. The number of thiocarbonyl (C=S) groups is 1. The van der Waals surface area contributed by atoms with Gasteiger partial charge in [0.05, 0.1) is 4.99 Å². The number of hydrogen-bond donors (Lipinski definition) is 1. The summed E-state index contributed by atoms with van der Waals surface area (Å²) in [4.78, 5) is 20.6. The molecule has 1 aromatic rings. The van der Waals surface area contributed by atoms with Gasteiger partial charge in [0.25, 0.3) is 5.91 Å². The second-order valence-corrected chi connectivity index (χ2v) is 4.79. The van der Waals surface area contributed by atoms with Crippen LogP contribution in [0, 0.1) is 0 Å². The van der Waals surface area contributed by atoms with Crippen LogP contribution in [0.4, 0.5) is 0 Å². The van der Waals surface area contributed by atoms with E-state index in [4.69, 9.17) is 18.0 Å². The Morgan fingerprint density at radius 1 is 1.28 bits per heavy atom. The lowest BCUT2D eigenvalue weighted by Crippen LogP contribution is -2.50. The van der Waals surface area contributed by atoms with Gasteiger partial charge >= 0.3 is 0 Å². The summed E-state index contributed by atoms with van der Waals surface area (Å²) < 4.78 is 0. The van der Waals surface area contributed by atoms with E-state index in [2.05, 4.69) is 9.88 Å². The number of pyridine rings is 1. The maximum atomic E-state index is 12.2. The molecular weight excluding hydrogens is 248 g/mol. The summed E-state index contributed by atoms with van der Waals surface area (Å²) in [5, 5.41) is 0. The lowest BCUT2D eigenvalue weighted by atomic mass is 10.2. The summed E-state index contributed by atoms with van der Waals surface area (Å²) >= 11 is 4.88. The zero-order valence-electron chi connectivity index (χ0n) is 10.1. The van der Waals surface area contributed by atoms with Gasteiger partial charge in [0, 0.05) is 50.7 Å². The van der Waals surface area contributed by atoms with Gasteiger partial charge in [-0.05, 0) is 12.1 Å². The first kappa shape index (κ1) is 12.9. The molecule has 0 spiro atoms. The monoisotopic (exact) mass is 264 g/mol. The van der Waals surface area contributed by atoms with Crippen molar-refractivity contribution in [1.29, 1.82) is 0 Å². The molecule has 5 nitrogen and oxygen atoms in total. The number of aromatic nitrogens is 1. The molecule has 0 atom stereocenters. The summed E-state index contributed by atoms with van der Waals surface area (Å²) in [7, 11) is 0. The second-order valence-electron chi connectivity index (χ2n) is 4.27. The van der Waals surface area contributed by atoms with E-state index in [9.17, 15) is 4.79 Å². The fourth-order valence-electron chi connectivity index (χ4n) is 2.01. The minimum absolute atomic E-state index is 0.0624. The fraction of sp³-hybridized carbons (Fsp3) is 0.417. The maximum Gasteiger partial charge on any atom is 0.254 e. The third-order valence-corrected chi connectivity index (χ3v) is 3.10. The Bertz CT molecular complexity index is 429. The van der Waals surface area contributed by atoms with Gasteiger partial charge in [-0.15, -0.1) is 0 Å². The molecule has 6 heteroatoms. The number of amides is 1. The molecule has 0 saturated carbocycles. The first-order valence-corrected chi connectivity index (χ1v) is 6.27. The number of rotatable bonds is 3. The average molecular weight is 264 g/mol. The van der Waals surface area contributed by atoms with Crippen molar-refractivity contribution in [3.8, 4) is 0 Å². The predicted molar refractivity (Wildman–Crippen MR) is 73.4 cm³/mol. The van der Waals surface area contributed by atoms with E-state index in [-0.39, 0.29) is 5.91 Å². The van der Waals surface area contributed by atoms with E-state index >= 15 is 0 Å². The van der Waals surface area contributed by atoms with Crippen LogP contribution in [-0.2, 0) is 0 Å². The van der Waals surface area contributed by atoms with Gasteiger partial charge in [-0.25, -0.2) is 0 Å². The molecule has 2 rings (SSSR count). The van der Waals surface area contributed by atoms with E-state index in [1.165, 1.54) is 0 Å². The average Bonchev–Trinajstić information content (AvgIpc) is 2.39. The Morgan fingerprint density at radius 3 is 2.44 bits per heavy atom. The van der Waals surface area contributed by atoms with Crippen LogP contribution in [0.15, 0.2) is 24.5 Å². The van der Waals surface area contributed by atoms with Gasteiger partial charge in [0.2, 0.25) is 0 Å². The number of carbonyl (C=O) groups excluding carboxylic acids is 1. The first-order valence-electron chi connectivity index (χ1n) is 5.87. The molecule has 18 heavy (non-hydrogen) atoms. The molecule has 0 aromatic carbocycles. The Kier molecular flexibility index (Phi) is 4.22. The number of nitrogens with zero attached hydrogens (tertiary/aromatic N) is 3. The molecule has 1 saturated heterocycles. The minimum Gasteiger partial charge on any atom is -0.392 e. The summed E-state index contributed by atoms with van der Waals surface area (Å²) in [6.45, 7) is 3.68. The quantitative estimate of drug-likeness (QED) is 0.786. The van der Waals surface area contributed by atoms with E-state index in [1.54, 1.807) is 24.5 Å². The van der Waals surface area contributed by atoms with Crippen molar-refractivity contribution < 1.29 is 4.79 Å². The molecule has 1 aromatic heterocycles. The van der Waals surface area contributed by atoms with Crippen LogP contribution in [0.5, 0.6) is 0 Å². The first-order chi connectivity index (χ1) is 8.66. The van der Waals surface area contributed by atoms with Crippen molar-refractivity contribution in [3.05, 3.63) is 30.1 Å². The van der Waals surface area contributed by atoms with Crippen LogP contribution >= 0.6 is 12.2 Å². The Labute approximate surface area is 112 Å². The van der Waals surface area contributed by atoms with E-state index in [0.717, 1.165) is 13.1 Å². The van der Waals surface area contributed by atoms with Crippen LogP contribution in [-0.4, -0.2) is 58.4 Å². The van der Waals surface area contributed by atoms with Crippen molar-refractivity contribution in [2.24, 2.45) is 5.73 Å². The summed E-state index contributed by atoms with van der Waals surface area (Å²) in [5.41, 5.74) is 6.20. The molecule has 2 N–H and O–H groups in total. The Balaban J connectivity index is 1.90. The highest BCUT2D eigenvalue weighted by molar-refractivity contribution is 7.80. The van der Waals surface area contributed by atoms with Crippen molar-refractivity contribution >= 4 is 23.1 Å². The lowest BCUT2D eigenvalue weighted by Gasteiger charge is -2.34. The molecule has 0 aliphatic carbocycles. The van der Waals surface area contributed by atoms with Crippen LogP contribution in [0.1, 0.15) is 10.4 Å².